The fourth-order valence-corrected chi connectivity index (χ4v) is 1.85. The molecule has 0 unspecified atom stereocenters. The molecule has 0 aliphatic rings. The molecule has 0 N–H and O–H groups in total. The minimum absolute atomic E-state index is 0.169. The highest BCUT2D eigenvalue weighted by Gasteiger charge is 1.89. The molecule has 0 atom stereocenters. The van der Waals surface area contributed by atoms with Gasteiger partial charge in [-0.3, -0.25) is 0 Å². The Morgan fingerprint density at radius 3 is 2.46 bits per heavy atom. The van der Waals surface area contributed by atoms with Gasteiger partial charge in [0.05, 0.1) is 8.80 Å². The highest BCUT2D eigenvalue weighted by molar-refractivity contribution is 6.61. The fraction of sp³-hybridized carbons (Fsp3) is 0.333. The molecule has 1 heteroatoms. The van der Waals surface area contributed by atoms with Gasteiger partial charge in [-0.1, -0.05) is 49.5 Å². The van der Waals surface area contributed by atoms with Crippen LogP contribution in [0.2, 0.25) is 13.1 Å². The van der Waals surface area contributed by atoms with Crippen LogP contribution in [0.3, 0.4) is 0 Å². The smallest absolute Gasteiger partial charge is 0.0688 e. The molecular weight excluding hydrogens is 172 g/mol. The molecule has 0 aliphatic carbocycles. The van der Waals surface area contributed by atoms with E-state index in [9.17, 15) is 0 Å². The van der Waals surface area contributed by atoms with Crippen LogP contribution in [-0.2, 0) is 6.42 Å². The van der Waals surface area contributed by atoms with Gasteiger partial charge in [0.15, 0.2) is 0 Å². The molecule has 0 saturated carbocycles. The average Bonchev–Trinajstić information content (AvgIpc) is 2.14. The lowest BCUT2D eigenvalue weighted by Gasteiger charge is -1.96. The normalized spacial score (nSPS) is 11.3. The zero-order valence-corrected chi connectivity index (χ0v) is 9.46. The lowest BCUT2D eigenvalue weighted by Crippen LogP contribution is -1.92. The standard InChI is InChI=1S/C12H17Si/c1-13(2)11-7-6-10-12-8-4-3-5-9-12/h3-5,7-9,11H,6,10H2,1-2H3/b11-7-. The quantitative estimate of drug-likeness (QED) is 0.636. The van der Waals surface area contributed by atoms with Crippen molar-refractivity contribution in [2.75, 3.05) is 0 Å². The SMILES string of the molecule is C[Si](C)/C=C\CCc1ccccc1. The number of hydrogen-bond acceptors (Lipinski definition) is 0. The van der Waals surface area contributed by atoms with Gasteiger partial charge in [-0.15, -0.1) is 5.70 Å². The molecule has 0 amide bonds. The second-order valence-electron chi connectivity index (χ2n) is 3.50. The third-order valence-electron chi connectivity index (χ3n) is 1.89. The van der Waals surface area contributed by atoms with Crippen molar-refractivity contribution in [1.29, 1.82) is 0 Å². The van der Waals surface area contributed by atoms with Gasteiger partial charge < -0.3 is 0 Å². The molecule has 1 aromatic rings. The van der Waals surface area contributed by atoms with E-state index in [-0.39, 0.29) is 8.80 Å². The van der Waals surface area contributed by atoms with E-state index in [1.165, 1.54) is 18.4 Å². The second kappa shape index (κ2) is 5.76. The van der Waals surface area contributed by atoms with E-state index < -0.39 is 0 Å². The third-order valence-corrected chi connectivity index (χ3v) is 2.80. The highest BCUT2D eigenvalue weighted by Crippen LogP contribution is 2.02. The summed E-state index contributed by atoms with van der Waals surface area (Å²) in [4.78, 5) is 0. The molecule has 0 heterocycles. The molecule has 69 valence electrons. The summed E-state index contributed by atoms with van der Waals surface area (Å²) in [5.74, 6) is 0. The largest absolute Gasteiger partial charge is 0.101 e. The van der Waals surface area contributed by atoms with Crippen LogP contribution in [0.5, 0.6) is 0 Å². The van der Waals surface area contributed by atoms with Crippen molar-refractivity contribution in [3.8, 4) is 0 Å². The van der Waals surface area contributed by atoms with Crippen molar-refractivity contribution in [2.24, 2.45) is 0 Å². The van der Waals surface area contributed by atoms with Gasteiger partial charge >= 0.3 is 0 Å². The van der Waals surface area contributed by atoms with Gasteiger partial charge in [-0.25, -0.2) is 0 Å². The van der Waals surface area contributed by atoms with Gasteiger partial charge in [-0.05, 0) is 18.4 Å². The van der Waals surface area contributed by atoms with E-state index in [2.05, 4.69) is 55.2 Å². The Balaban J connectivity index is 2.28. The average molecular weight is 189 g/mol. The summed E-state index contributed by atoms with van der Waals surface area (Å²) >= 11 is 0. The number of hydrogen-bond donors (Lipinski definition) is 0. The van der Waals surface area contributed by atoms with Crippen LogP contribution in [-0.4, -0.2) is 8.80 Å². The highest BCUT2D eigenvalue weighted by atomic mass is 28.3. The third kappa shape index (κ3) is 4.68. The minimum Gasteiger partial charge on any atom is -0.101 e. The van der Waals surface area contributed by atoms with Crippen molar-refractivity contribution < 1.29 is 0 Å². The molecule has 0 bridgehead atoms. The molecule has 0 saturated heterocycles. The van der Waals surface area contributed by atoms with Gasteiger partial charge in [0, 0.05) is 0 Å². The van der Waals surface area contributed by atoms with Crippen LogP contribution in [0.25, 0.3) is 0 Å². The summed E-state index contributed by atoms with van der Waals surface area (Å²) in [5, 5.41) is 0. The maximum atomic E-state index is 2.37. The van der Waals surface area contributed by atoms with Crippen LogP contribution in [0.1, 0.15) is 12.0 Å². The number of allylic oxidation sites excluding steroid dienone is 1. The Labute approximate surface area is 82.9 Å². The predicted octanol–water partition coefficient (Wildman–Crippen LogP) is 3.47. The monoisotopic (exact) mass is 189 g/mol. The number of rotatable bonds is 4. The molecule has 0 aliphatic heterocycles. The van der Waals surface area contributed by atoms with Gasteiger partial charge in [0.1, 0.15) is 0 Å². The van der Waals surface area contributed by atoms with Crippen LogP contribution >= 0.6 is 0 Å². The molecule has 0 fully saturated rings. The summed E-state index contributed by atoms with van der Waals surface area (Å²) in [6.07, 6.45) is 4.67. The van der Waals surface area contributed by atoms with Crippen molar-refractivity contribution in [2.45, 2.75) is 25.9 Å². The van der Waals surface area contributed by atoms with Crippen molar-refractivity contribution in [1.82, 2.24) is 0 Å². The summed E-state index contributed by atoms with van der Waals surface area (Å²) in [7, 11) is -0.169. The Morgan fingerprint density at radius 2 is 1.85 bits per heavy atom. The number of benzene rings is 1. The zero-order chi connectivity index (χ0) is 9.52. The van der Waals surface area contributed by atoms with E-state index in [1.807, 2.05) is 0 Å². The maximum Gasteiger partial charge on any atom is 0.0688 e. The predicted molar refractivity (Wildman–Crippen MR) is 61.4 cm³/mol. The van der Waals surface area contributed by atoms with E-state index in [4.69, 9.17) is 0 Å². The Morgan fingerprint density at radius 1 is 1.15 bits per heavy atom. The van der Waals surface area contributed by atoms with E-state index in [0.717, 1.165) is 0 Å². The van der Waals surface area contributed by atoms with Crippen LogP contribution in [0, 0.1) is 0 Å². The molecular formula is C12H17Si. The maximum absolute atomic E-state index is 2.37. The van der Waals surface area contributed by atoms with E-state index in [1.54, 1.807) is 0 Å². The first-order valence-corrected chi connectivity index (χ1v) is 7.37. The summed E-state index contributed by atoms with van der Waals surface area (Å²) in [6, 6.07) is 10.7. The molecule has 13 heavy (non-hydrogen) atoms. The first-order valence-electron chi connectivity index (χ1n) is 4.79. The lowest BCUT2D eigenvalue weighted by atomic mass is 10.1. The fourth-order valence-electron chi connectivity index (χ4n) is 1.21. The van der Waals surface area contributed by atoms with Gasteiger partial charge in [0.25, 0.3) is 0 Å². The molecule has 0 spiro atoms. The van der Waals surface area contributed by atoms with Crippen LogP contribution < -0.4 is 0 Å². The van der Waals surface area contributed by atoms with Gasteiger partial charge in [-0.2, -0.15) is 0 Å². The first kappa shape index (κ1) is 10.3. The van der Waals surface area contributed by atoms with Crippen LogP contribution in [0.4, 0.5) is 0 Å². The first-order chi connectivity index (χ1) is 6.29. The van der Waals surface area contributed by atoms with Gasteiger partial charge in [0.2, 0.25) is 0 Å². The summed E-state index contributed by atoms with van der Waals surface area (Å²) in [5.41, 5.74) is 3.81. The lowest BCUT2D eigenvalue weighted by molar-refractivity contribution is 1.00. The zero-order valence-electron chi connectivity index (χ0n) is 8.46. The Hall–Kier alpha value is -0.823. The second-order valence-corrected chi connectivity index (χ2v) is 5.99. The molecule has 0 aromatic heterocycles. The van der Waals surface area contributed by atoms with E-state index >= 15 is 0 Å². The Kier molecular flexibility index (Phi) is 4.55. The minimum atomic E-state index is -0.169. The number of aryl methyl sites for hydroxylation is 1. The van der Waals surface area contributed by atoms with Crippen molar-refractivity contribution >= 4 is 8.80 Å². The van der Waals surface area contributed by atoms with E-state index in [0.29, 0.717) is 0 Å². The Bertz CT molecular complexity index is 249. The molecule has 1 aromatic carbocycles. The van der Waals surface area contributed by atoms with Crippen molar-refractivity contribution in [3.63, 3.8) is 0 Å². The summed E-state index contributed by atoms with van der Waals surface area (Å²) in [6.45, 7) is 4.62. The molecule has 0 nitrogen and oxygen atoms in total. The van der Waals surface area contributed by atoms with Crippen LogP contribution in [0.15, 0.2) is 42.1 Å². The molecule has 1 rings (SSSR count). The topological polar surface area (TPSA) is 0 Å². The van der Waals surface area contributed by atoms with Crippen molar-refractivity contribution in [3.05, 3.63) is 47.7 Å². The summed E-state index contributed by atoms with van der Waals surface area (Å²) < 4.78 is 0. The molecule has 1 radical (unpaired) electrons.